The number of aromatic nitrogens is 5. The molecule has 6 aliphatic rings. The molecule has 82 heavy (non-hydrogen) atoms. The van der Waals surface area contributed by atoms with Gasteiger partial charge in [0.25, 0.3) is 0 Å². The van der Waals surface area contributed by atoms with Crippen LogP contribution in [0.3, 0.4) is 0 Å². The van der Waals surface area contributed by atoms with E-state index in [1.54, 1.807) is 34.6 Å². The number of rotatable bonds is 16. The van der Waals surface area contributed by atoms with E-state index in [1.807, 2.05) is 55.8 Å². The zero-order valence-electron chi connectivity index (χ0n) is 48.0. The maximum Gasteiger partial charge on any atom is 0.319 e. The average Bonchev–Trinajstić information content (AvgIpc) is 4.45. The largest absolute Gasteiger partial charge is 0.508 e. The minimum atomic E-state index is -0.551. The zero-order chi connectivity index (χ0) is 56.6. The van der Waals surface area contributed by atoms with Gasteiger partial charge in [0.05, 0.1) is 33.9 Å². The average molecular weight is 1130 g/mol. The quantitative estimate of drug-likeness (QED) is 0.0832. The van der Waals surface area contributed by atoms with Crippen molar-refractivity contribution in [3.63, 3.8) is 0 Å². The molecule has 4 aromatic heterocycles. The summed E-state index contributed by atoms with van der Waals surface area (Å²) in [6.07, 6.45) is 9.60. The van der Waals surface area contributed by atoms with Crippen molar-refractivity contribution in [2.75, 3.05) is 88.4 Å². The molecular formula is C63H77FN12O5S. The van der Waals surface area contributed by atoms with E-state index >= 15 is 4.39 Å². The molecule has 432 valence electrons. The first-order chi connectivity index (χ1) is 39.8. The van der Waals surface area contributed by atoms with Gasteiger partial charge in [0, 0.05) is 94.2 Å². The number of benzene rings is 3. The van der Waals surface area contributed by atoms with E-state index in [2.05, 4.69) is 73.3 Å². The second kappa shape index (κ2) is 23.8. The molecule has 3 aromatic carbocycles. The van der Waals surface area contributed by atoms with Crippen molar-refractivity contribution in [1.29, 1.82) is 0 Å². The van der Waals surface area contributed by atoms with Crippen LogP contribution in [0.1, 0.15) is 101 Å². The molecule has 10 heterocycles. The Balaban J connectivity index is 0.00000217. The first-order valence-electron chi connectivity index (χ1n) is 29.8. The zero-order valence-corrected chi connectivity index (χ0v) is 48.8. The number of aryl methyl sites for hydroxylation is 2. The Kier molecular flexibility index (Phi) is 16.2. The van der Waals surface area contributed by atoms with Crippen molar-refractivity contribution >= 4 is 56.5 Å². The van der Waals surface area contributed by atoms with Gasteiger partial charge in [-0.25, -0.2) is 9.37 Å². The second-order valence-electron chi connectivity index (χ2n) is 24.0. The summed E-state index contributed by atoms with van der Waals surface area (Å²) in [5.41, 5.74) is 7.14. The van der Waals surface area contributed by atoms with E-state index in [1.165, 1.54) is 6.42 Å². The number of nitrogens with one attached hydrogen (secondary N) is 2. The fourth-order valence-corrected chi connectivity index (χ4v) is 14.5. The third kappa shape index (κ3) is 11.5. The van der Waals surface area contributed by atoms with Crippen LogP contribution in [-0.4, -0.2) is 153 Å². The summed E-state index contributed by atoms with van der Waals surface area (Å²) in [6.45, 7) is 20.5. The molecule has 6 saturated heterocycles. The number of thiazole rings is 1. The van der Waals surface area contributed by atoms with Crippen molar-refractivity contribution in [3.05, 3.63) is 101 Å². The number of anilines is 2. The Morgan fingerprint density at radius 3 is 2.43 bits per heavy atom. The number of piperidine rings is 1. The maximum atomic E-state index is 17.1. The van der Waals surface area contributed by atoms with Crippen LogP contribution in [0, 0.1) is 24.1 Å². The Bertz CT molecular complexity index is 3410. The normalized spacial score (nSPS) is 21.1. The molecule has 4 atom stereocenters. The van der Waals surface area contributed by atoms with E-state index in [0.29, 0.717) is 60.1 Å². The molecule has 4 unspecified atom stereocenters. The molecule has 1 spiro atoms. The van der Waals surface area contributed by atoms with Gasteiger partial charge in [0.15, 0.2) is 11.6 Å². The van der Waals surface area contributed by atoms with Crippen molar-refractivity contribution in [2.24, 2.45) is 11.3 Å². The topological polar surface area (TPSA) is 181 Å². The summed E-state index contributed by atoms with van der Waals surface area (Å²) in [6, 6.07) is 19.5. The van der Waals surface area contributed by atoms with Crippen LogP contribution in [0.25, 0.3) is 43.4 Å². The fourth-order valence-electron chi connectivity index (χ4n) is 13.7. The molecule has 13 rings (SSSR count). The number of aromatic hydroxyl groups is 1. The Morgan fingerprint density at radius 2 is 1.70 bits per heavy atom. The molecule has 2 amide bonds. The summed E-state index contributed by atoms with van der Waals surface area (Å²) in [4.78, 5) is 58.3. The van der Waals surface area contributed by atoms with Crippen molar-refractivity contribution < 1.29 is 28.3 Å². The van der Waals surface area contributed by atoms with E-state index in [9.17, 15) is 14.7 Å². The first-order valence-corrected chi connectivity index (χ1v) is 30.7. The predicted molar refractivity (Wildman–Crippen MR) is 319 cm³/mol. The van der Waals surface area contributed by atoms with Crippen LogP contribution in [0.4, 0.5) is 16.0 Å². The number of phenolic OH excluding ortho intramolecular Hbond substituents is 1. The van der Waals surface area contributed by atoms with E-state index in [4.69, 9.17) is 24.2 Å². The van der Waals surface area contributed by atoms with E-state index in [0.717, 1.165) is 148 Å². The molecule has 3 N–H and O–H groups in total. The molecule has 6 aliphatic heterocycles. The number of hydrogen-bond donors (Lipinski definition) is 3. The van der Waals surface area contributed by atoms with E-state index in [-0.39, 0.29) is 52.7 Å². The molecule has 0 aliphatic carbocycles. The highest BCUT2D eigenvalue weighted by atomic mass is 32.1. The molecule has 0 saturated carbocycles. The number of ether oxygens (including phenoxy) is 1. The van der Waals surface area contributed by atoms with Gasteiger partial charge in [-0.05, 0) is 117 Å². The minimum absolute atomic E-state index is 0.0528. The van der Waals surface area contributed by atoms with Crippen LogP contribution in [-0.2, 0) is 22.4 Å². The van der Waals surface area contributed by atoms with Gasteiger partial charge in [0.1, 0.15) is 41.2 Å². The predicted octanol–water partition coefficient (Wildman–Crippen LogP) is 9.35. The number of carbonyl (C=O) groups excluding carboxylic acids is 2. The Hall–Kier alpha value is -6.80. The van der Waals surface area contributed by atoms with Crippen molar-refractivity contribution in [3.8, 4) is 33.5 Å². The second-order valence-corrected chi connectivity index (χ2v) is 24.8. The molecule has 17 nitrogen and oxygen atoms in total. The summed E-state index contributed by atoms with van der Waals surface area (Å²) in [7, 11) is 0. The Labute approximate surface area is 483 Å². The lowest BCUT2D eigenvalue weighted by Crippen LogP contribution is -2.72. The van der Waals surface area contributed by atoms with Crippen LogP contribution >= 0.6 is 11.3 Å². The van der Waals surface area contributed by atoms with E-state index < -0.39 is 11.9 Å². The minimum Gasteiger partial charge on any atom is -0.508 e. The number of halogens is 1. The summed E-state index contributed by atoms with van der Waals surface area (Å²) in [5, 5.41) is 24.2. The lowest BCUT2D eigenvalue weighted by molar-refractivity contribution is -0.138. The number of pyridine rings is 1. The van der Waals surface area contributed by atoms with Gasteiger partial charge >= 0.3 is 6.01 Å². The number of phenols is 1. The van der Waals surface area contributed by atoms with Gasteiger partial charge in [-0.3, -0.25) is 19.5 Å². The molecule has 19 heteroatoms. The van der Waals surface area contributed by atoms with Crippen LogP contribution in [0.5, 0.6) is 11.8 Å². The SMILES string of the molecule is CCC.CCc1cccc2cc(O)cc(-c3ncc4c(N5CC6CCC(C5)N6)nc(OCCN5CCC(CN6CC7(C6)CN(c6cc(CC(=O)N8CCCC8C(=O)NC(C)c8ccc(-c9scnc9C)cc8)on6)C7)CC5)nc4c3F)c12. The van der Waals surface area contributed by atoms with Gasteiger partial charge in [-0.15, -0.1) is 11.3 Å². The van der Waals surface area contributed by atoms with Gasteiger partial charge < -0.3 is 44.6 Å². The third-order valence-corrected chi connectivity index (χ3v) is 18.7. The number of carbonyl (C=O) groups is 2. The van der Waals surface area contributed by atoms with Crippen LogP contribution in [0.15, 0.2) is 76.9 Å². The number of amides is 2. The summed E-state index contributed by atoms with van der Waals surface area (Å²) < 4.78 is 29.1. The highest BCUT2D eigenvalue weighted by molar-refractivity contribution is 7.13. The van der Waals surface area contributed by atoms with Crippen molar-refractivity contribution in [1.82, 2.24) is 50.4 Å². The van der Waals surface area contributed by atoms with Crippen LogP contribution in [0.2, 0.25) is 0 Å². The number of fused-ring (bicyclic) bond motifs is 4. The third-order valence-electron chi connectivity index (χ3n) is 17.7. The van der Waals surface area contributed by atoms with Gasteiger partial charge in [0.2, 0.25) is 11.8 Å². The molecule has 2 bridgehead atoms. The molecule has 7 aromatic rings. The molecule has 6 fully saturated rings. The number of piperazine rings is 1. The number of likely N-dealkylation sites (tertiary alicyclic amines) is 3. The number of hydrogen-bond acceptors (Lipinski definition) is 16. The highest BCUT2D eigenvalue weighted by Crippen LogP contribution is 2.43. The first kappa shape index (κ1) is 55.7. The van der Waals surface area contributed by atoms with Gasteiger partial charge in [-0.1, -0.05) is 74.8 Å². The monoisotopic (exact) mass is 1130 g/mol. The van der Waals surface area contributed by atoms with Crippen LogP contribution < -0.4 is 25.2 Å². The highest BCUT2D eigenvalue weighted by Gasteiger charge is 2.52. The lowest BCUT2D eigenvalue weighted by atomic mass is 9.72. The Morgan fingerprint density at radius 1 is 0.927 bits per heavy atom. The number of nitrogens with zero attached hydrogens (tertiary/aromatic N) is 10. The smallest absolute Gasteiger partial charge is 0.319 e. The lowest BCUT2D eigenvalue weighted by Gasteiger charge is -2.61. The fraction of sp³-hybridized carbons (Fsp3) is 0.508. The summed E-state index contributed by atoms with van der Waals surface area (Å²) in [5.74, 6) is 1.82. The standard InChI is InChI=1S/C60H69FN12O5S.C3H8/c1-4-39-7-5-8-42-23-45(74)24-47(52(39)42)54-53(61)55-48(27-62-54)57(71-29-43-14-15-44(30-71)65-43)67-59(66-55)77-22-21-69-19-16-38(17-20-69)28-70-31-60(32-70)33-72(34-60)50-25-46(78-68-50)26-51(75)73-18-6-9-49(73)58(76)64-36(2)40-10-12-41(13-11-40)56-37(3)63-35-79-56;1-3-2/h5,7-8,10-13,23-25,27,35-36,38,43-44,49,65,74H,4,6,9,14-22,26,28-34H2,1-3H3,(H,64,76);3H2,1-2H3. The summed E-state index contributed by atoms with van der Waals surface area (Å²) >= 11 is 1.62. The molecule has 0 radical (unpaired) electrons. The molecular weight excluding hydrogens is 1060 g/mol. The maximum absolute atomic E-state index is 17.1. The van der Waals surface area contributed by atoms with Crippen molar-refractivity contribution in [2.45, 2.75) is 117 Å². The van der Waals surface area contributed by atoms with Gasteiger partial charge in [-0.2, -0.15) is 9.97 Å².